The molecule has 0 heterocycles. The highest BCUT2D eigenvalue weighted by Gasteiger charge is 2.29. The van der Waals surface area contributed by atoms with Crippen molar-refractivity contribution in [2.24, 2.45) is 5.41 Å². The average molecular weight is 467 g/mol. The van der Waals surface area contributed by atoms with E-state index in [-0.39, 0.29) is 36.7 Å². The Morgan fingerprint density at radius 2 is 1.56 bits per heavy atom. The average Bonchev–Trinajstić information content (AvgIpc) is 3.10. The monoisotopic (exact) mass is 466 g/mol. The van der Waals surface area contributed by atoms with Crippen molar-refractivity contribution in [1.29, 1.82) is 0 Å². The van der Waals surface area contributed by atoms with Crippen LogP contribution in [0.2, 0.25) is 0 Å². The van der Waals surface area contributed by atoms with E-state index in [4.69, 9.17) is 9.84 Å². The smallest absolute Gasteiger partial charge is 0.407 e. The topological polar surface area (TPSA) is 105 Å². The fraction of sp³-hybridized carbons (Fsp3) is 0.444. The molecular weight excluding hydrogens is 432 g/mol. The van der Waals surface area contributed by atoms with Gasteiger partial charge in [-0.05, 0) is 40.5 Å². The molecule has 2 aromatic carbocycles. The van der Waals surface area contributed by atoms with Gasteiger partial charge in [-0.3, -0.25) is 9.59 Å². The Bertz CT molecular complexity index is 982. The molecule has 0 saturated heterocycles. The lowest BCUT2D eigenvalue weighted by Crippen LogP contribution is -2.45. The molecular formula is C27H34N2O5. The van der Waals surface area contributed by atoms with Crippen LogP contribution in [0.4, 0.5) is 4.79 Å². The number of carbonyl (C=O) groups is 3. The highest BCUT2D eigenvalue weighted by molar-refractivity contribution is 5.79. The Morgan fingerprint density at radius 3 is 2.12 bits per heavy atom. The van der Waals surface area contributed by atoms with Crippen LogP contribution in [0.5, 0.6) is 0 Å². The van der Waals surface area contributed by atoms with Crippen molar-refractivity contribution in [2.45, 2.75) is 58.4 Å². The number of hydrogen-bond acceptors (Lipinski definition) is 4. The van der Waals surface area contributed by atoms with Gasteiger partial charge in [0, 0.05) is 24.9 Å². The SMILES string of the molecule is CC(C)(C)C(CC(=O)O)NC(=O)CCCCNC(=O)OCC1c2ccccc2-c2ccccc21. The minimum Gasteiger partial charge on any atom is -0.481 e. The lowest BCUT2D eigenvalue weighted by atomic mass is 9.84. The molecule has 1 aliphatic rings. The van der Waals surface area contributed by atoms with Gasteiger partial charge in [-0.25, -0.2) is 4.79 Å². The van der Waals surface area contributed by atoms with Crippen LogP contribution in [0.3, 0.4) is 0 Å². The first kappa shape index (κ1) is 25.3. The van der Waals surface area contributed by atoms with Gasteiger partial charge in [-0.2, -0.15) is 0 Å². The summed E-state index contributed by atoms with van der Waals surface area (Å²) in [5.41, 5.74) is 4.35. The van der Waals surface area contributed by atoms with Gasteiger partial charge in [0.1, 0.15) is 6.61 Å². The summed E-state index contributed by atoms with van der Waals surface area (Å²) in [4.78, 5) is 35.5. The van der Waals surface area contributed by atoms with Gasteiger partial charge in [0.2, 0.25) is 5.91 Å². The van der Waals surface area contributed by atoms with Crippen LogP contribution in [-0.2, 0) is 14.3 Å². The van der Waals surface area contributed by atoms with Gasteiger partial charge in [-0.1, -0.05) is 69.3 Å². The lowest BCUT2D eigenvalue weighted by Gasteiger charge is -2.30. The lowest BCUT2D eigenvalue weighted by molar-refractivity contribution is -0.138. The molecule has 7 heteroatoms. The third-order valence-electron chi connectivity index (χ3n) is 6.20. The third-order valence-corrected chi connectivity index (χ3v) is 6.20. The molecule has 1 atom stereocenters. The number of ether oxygens (including phenoxy) is 1. The van der Waals surface area contributed by atoms with E-state index in [0.29, 0.717) is 19.4 Å². The minimum atomic E-state index is -0.937. The normalized spacial score (nSPS) is 13.5. The van der Waals surface area contributed by atoms with E-state index in [9.17, 15) is 14.4 Å². The number of benzene rings is 2. The summed E-state index contributed by atoms with van der Waals surface area (Å²) in [6.45, 7) is 6.37. The van der Waals surface area contributed by atoms with Gasteiger partial charge >= 0.3 is 12.1 Å². The molecule has 0 radical (unpaired) electrons. The maximum Gasteiger partial charge on any atom is 0.407 e. The van der Waals surface area contributed by atoms with Crippen molar-refractivity contribution in [1.82, 2.24) is 10.6 Å². The fourth-order valence-electron chi connectivity index (χ4n) is 4.27. The van der Waals surface area contributed by atoms with E-state index in [1.165, 1.54) is 22.3 Å². The van der Waals surface area contributed by atoms with E-state index in [1.807, 2.05) is 45.0 Å². The Balaban J connectivity index is 1.38. The summed E-state index contributed by atoms with van der Waals surface area (Å²) in [5.74, 6) is -1.10. The third kappa shape index (κ3) is 6.59. The molecule has 0 fully saturated rings. The highest BCUT2D eigenvalue weighted by Crippen LogP contribution is 2.44. The molecule has 2 aromatic rings. The van der Waals surface area contributed by atoms with E-state index in [0.717, 1.165) is 0 Å². The number of rotatable bonds is 10. The Kier molecular flexibility index (Phi) is 8.31. The summed E-state index contributed by atoms with van der Waals surface area (Å²) in [7, 11) is 0. The maximum atomic E-state index is 12.2. The zero-order valence-electron chi connectivity index (χ0n) is 20.1. The molecule has 0 bridgehead atoms. The molecule has 1 unspecified atom stereocenters. The molecule has 0 aliphatic heterocycles. The van der Waals surface area contributed by atoms with E-state index in [2.05, 4.69) is 34.9 Å². The van der Waals surface area contributed by atoms with Crippen molar-refractivity contribution in [3.63, 3.8) is 0 Å². The van der Waals surface area contributed by atoms with Crippen molar-refractivity contribution in [3.8, 4) is 11.1 Å². The number of aliphatic carboxylic acids is 1. The van der Waals surface area contributed by atoms with Gasteiger partial charge in [0.05, 0.1) is 6.42 Å². The molecule has 3 N–H and O–H groups in total. The molecule has 1 aliphatic carbocycles. The van der Waals surface area contributed by atoms with Gasteiger partial charge in [0.15, 0.2) is 0 Å². The van der Waals surface area contributed by atoms with Crippen LogP contribution in [-0.4, -0.2) is 42.3 Å². The molecule has 2 amide bonds. The minimum absolute atomic E-state index is 0.0170. The second-order valence-electron chi connectivity index (χ2n) is 9.79. The van der Waals surface area contributed by atoms with Crippen molar-refractivity contribution >= 4 is 18.0 Å². The first-order valence-electron chi connectivity index (χ1n) is 11.8. The Labute approximate surface area is 200 Å². The number of carboxylic acid groups (broad SMARTS) is 1. The molecule has 3 rings (SSSR count). The van der Waals surface area contributed by atoms with Gasteiger partial charge in [-0.15, -0.1) is 0 Å². The molecule has 182 valence electrons. The quantitative estimate of drug-likeness (QED) is 0.440. The summed E-state index contributed by atoms with van der Waals surface area (Å²) in [6, 6.07) is 15.9. The largest absolute Gasteiger partial charge is 0.481 e. The number of nitrogens with one attached hydrogen (secondary N) is 2. The summed E-state index contributed by atoms with van der Waals surface area (Å²) in [5, 5.41) is 14.6. The summed E-state index contributed by atoms with van der Waals surface area (Å²) < 4.78 is 5.51. The van der Waals surface area contributed by atoms with Crippen molar-refractivity contribution < 1.29 is 24.2 Å². The predicted molar refractivity (Wildman–Crippen MR) is 131 cm³/mol. The number of alkyl carbamates (subject to hydrolysis) is 1. The number of unbranched alkanes of at least 4 members (excludes halogenated alkanes) is 1. The first-order chi connectivity index (χ1) is 16.2. The van der Waals surface area contributed by atoms with Gasteiger partial charge in [0.25, 0.3) is 0 Å². The van der Waals surface area contributed by atoms with Crippen LogP contribution in [0.25, 0.3) is 11.1 Å². The highest BCUT2D eigenvalue weighted by atomic mass is 16.5. The van der Waals surface area contributed by atoms with E-state index in [1.54, 1.807) is 0 Å². The molecule has 34 heavy (non-hydrogen) atoms. The van der Waals surface area contributed by atoms with E-state index >= 15 is 0 Å². The second kappa shape index (κ2) is 11.2. The van der Waals surface area contributed by atoms with Crippen molar-refractivity contribution in [2.75, 3.05) is 13.2 Å². The standard InChI is InChI=1S/C27H34N2O5/c1-27(2,3)23(16-25(31)32)29-24(30)14-8-9-15-28-26(33)34-17-22-20-12-6-4-10-18(20)19-11-5-7-13-21(19)22/h4-7,10-13,22-23H,8-9,14-17H2,1-3H3,(H,28,33)(H,29,30)(H,31,32). The van der Waals surface area contributed by atoms with Crippen LogP contribution in [0, 0.1) is 5.41 Å². The number of carboxylic acids is 1. The molecule has 0 saturated carbocycles. The number of amides is 2. The summed E-state index contributed by atoms with van der Waals surface area (Å²) in [6.07, 6.45) is 0.897. The van der Waals surface area contributed by atoms with Crippen LogP contribution in [0.1, 0.15) is 63.5 Å². The van der Waals surface area contributed by atoms with Crippen LogP contribution >= 0.6 is 0 Å². The Hall–Kier alpha value is -3.35. The first-order valence-corrected chi connectivity index (χ1v) is 11.8. The predicted octanol–water partition coefficient (Wildman–Crippen LogP) is 4.70. The number of fused-ring (bicyclic) bond motifs is 3. The molecule has 7 nitrogen and oxygen atoms in total. The second-order valence-corrected chi connectivity index (χ2v) is 9.79. The van der Waals surface area contributed by atoms with Gasteiger partial charge < -0.3 is 20.5 Å². The number of hydrogen-bond donors (Lipinski definition) is 3. The summed E-state index contributed by atoms with van der Waals surface area (Å²) >= 11 is 0. The molecule has 0 spiro atoms. The Morgan fingerprint density at radius 1 is 0.971 bits per heavy atom. The zero-order valence-corrected chi connectivity index (χ0v) is 20.1. The fourth-order valence-corrected chi connectivity index (χ4v) is 4.27. The van der Waals surface area contributed by atoms with Crippen LogP contribution in [0.15, 0.2) is 48.5 Å². The maximum absolute atomic E-state index is 12.2. The molecule has 0 aromatic heterocycles. The van der Waals surface area contributed by atoms with Crippen LogP contribution < -0.4 is 10.6 Å². The zero-order chi connectivity index (χ0) is 24.7. The van der Waals surface area contributed by atoms with Crippen molar-refractivity contribution in [3.05, 3.63) is 59.7 Å². The van der Waals surface area contributed by atoms with E-state index < -0.39 is 18.1 Å². The number of carbonyl (C=O) groups excluding carboxylic acids is 2.